The summed E-state index contributed by atoms with van der Waals surface area (Å²) in [7, 11) is -4.87. The van der Waals surface area contributed by atoms with Gasteiger partial charge >= 0.3 is 41.6 Å². The molecular weight excluding hydrogens is 389 g/mol. The minimum atomic E-state index is -4.87. The molecule has 2 atom stereocenters. The number of esters is 1. The number of benzene rings is 1. The molecule has 0 saturated carbocycles. The van der Waals surface area contributed by atoms with Crippen molar-refractivity contribution in [1.82, 2.24) is 9.21 Å². The van der Waals surface area contributed by atoms with Crippen LogP contribution >= 0.6 is 0 Å². The molecule has 10 nitrogen and oxygen atoms in total. The van der Waals surface area contributed by atoms with E-state index in [1.165, 1.54) is 17.0 Å². The molecule has 2 aliphatic rings. The van der Waals surface area contributed by atoms with Gasteiger partial charge in [0.1, 0.15) is 6.04 Å². The van der Waals surface area contributed by atoms with Crippen molar-refractivity contribution in [3.8, 4) is 0 Å². The van der Waals surface area contributed by atoms with Crippen molar-refractivity contribution < 1.29 is 61.6 Å². The molecule has 140 valence electrons. The van der Waals surface area contributed by atoms with Gasteiger partial charge in [0.05, 0.1) is 18.2 Å². The number of carbonyl (C=O) groups excluding carboxylic acids is 3. The van der Waals surface area contributed by atoms with Gasteiger partial charge in [-0.3, -0.25) is 4.79 Å². The SMILES string of the molecule is CCOC(=O)c1cccc(NC(=O)N2CC[C@@H]3[C@H]2C(=O)N3S(=O)(=O)[O-])c1.[Na+]. The van der Waals surface area contributed by atoms with E-state index in [0.717, 1.165) is 0 Å². The Balaban J connectivity index is 0.00000261. The molecule has 3 rings (SSSR count). The second kappa shape index (κ2) is 8.15. The molecule has 0 bridgehead atoms. The largest absolute Gasteiger partial charge is 1.00 e. The van der Waals surface area contributed by atoms with Gasteiger partial charge in [-0.1, -0.05) is 6.07 Å². The van der Waals surface area contributed by atoms with Crippen molar-refractivity contribution in [1.29, 1.82) is 0 Å². The van der Waals surface area contributed by atoms with E-state index >= 15 is 0 Å². The van der Waals surface area contributed by atoms with Crippen LogP contribution in [0.5, 0.6) is 0 Å². The number of β-lactam (4-membered cyclic amide) rings is 1. The van der Waals surface area contributed by atoms with Crippen LogP contribution < -0.4 is 34.9 Å². The van der Waals surface area contributed by atoms with Crippen molar-refractivity contribution >= 4 is 33.9 Å². The maximum Gasteiger partial charge on any atom is 1.00 e. The van der Waals surface area contributed by atoms with E-state index in [9.17, 15) is 27.4 Å². The van der Waals surface area contributed by atoms with Crippen molar-refractivity contribution in [3.63, 3.8) is 0 Å². The third kappa shape index (κ3) is 4.11. The standard InChI is InChI=1S/C15H17N3O7S.Na/c1-2-25-14(20)9-4-3-5-10(8-9)16-15(21)17-7-6-11-12(17)13(19)18(11)26(22,23)24;/h3-5,8,11-12H,2,6-7H2,1H3,(H,16,21)(H,22,23,24);/q;+1/p-1/t11-,12+;/m1./s1. The Morgan fingerprint density at radius 2 is 2.07 bits per heavy atom. The Kier molecular flexibility index (Phi) is 6.53. The van der Waals surface area contributed by atoms with Crippen molar-refractivity contribution in [2.75, 3.05) is 18.5 Å². The molecule has 0 unspecified atom stereocenters. The third-order valence-corrected chi connectivity index (χ3v) is 5.20. The number of hydrogen-bond acceptors (Lipinski definition) is 7. The Labute approximate surface area is 178 Å². The van der Waals surface area contributed by atoms with E-state index in [1.807, 2.05) is 0 Å². The number of hydrogen-bond donors (Lipinski definition) is 1. The maximum absolute atomic E-state index is 12.4. The molecule has 2 fully saturated rings. The molecule has 2 aliphatic heterocycles. The number of nitrogens with one attached hydrogen (secondary N) is 1. The number of amides is 3. The Hall–Kier alpha value is -1.66. The molecule has 3 amide bonds. The Bertz CT molecular complexity index is 876. The molecular formula is C15H16N3NaO7S. The molecule has 0 radical (unpaired) electrons. The van der Waals surface area contributed by atoms with Gasteiger partial charge in [-0.15, -0.1) is 0 Å². The van der Waals surface area contributed by atoms with E-state index in [1.54, 1.807) is 19.1 Å². The Morgan fingerprint density at radius 3 is 2.70 bits per heavy atom. The molecule has 2 saturated heterocycles. The number of urea groups is 1. The fraction of sp³-hybridized carbons (Fsp3) is 0.400. The van der Waals surface area contributed by atoms with Gasteiger partial charge in [0, 0.05) is 12.2 Å². The summed E-state index contributed by atoms with van der Waals surface area (Å²) in [5.41, 5.74) is 0.580. The summed E-state index contributed by atoms with van der Waals surface area (Å²) in [6.45, 7) is 2.03. The minimum absolute atomic E-state index is 0. The first-order valence-electron chi connectivity index (χ1n) is 7.88. The van der Waals surface area contributed by atoms with Crippen molar-refractivity contribution in [2.24, 2.45) is 0 Å². The van der Waals surface area contributed by atoms with E-state index in [0.29, 0.717) is 5.69 Å². The van der Waals surface area contributed by atoms with Gasteiger partial charge in [-0.05, 0) is 31.5 Å². The molecule has 2 heterocycles. The third-order valence-electron chi connectivity index (χ3n) is 4.26. The van der Waals surface area contributed by atoms with Crippen LogP contribution in [-0.4, -0.2) is 65.3 Å². The van der Waals surface area contributed by atoms with Gasteiger partial charge in [-0.2, -0.15) is 0 Å². The summed E-state index contributed by atoms with van der Waals surface area (Å²) in [5, 5.41) is 2.56. The topological polar surface area (TPSA) is 136 Å². The van der Waals surface area contributed by atoms with Crippen LogP contribution in [0.1, 0.15) is 23.7 Å². The van der Waals surface area contributed by atoms with Crippen LogP contribution in [-0.2, 0) is 19.8 Å². The van der Waals surface area contributed by atoms with Crippen LogP contribution in [0.3, 0.4) is 0 Å². The number of carbonyl (C=O) groups is 3. The van der Waals surface area contributed by atoms with Crippen LogP contribution in [0.15, 0.2) is 24.3 Å². The number of fused-ring (bicyclic) bond motifs is 1. The van der Waals surface area contributed by atoms with Crippen LogP contribution in [0.2, 0.25) is 0 Å². The summed E-state index contributed by atoms with van der Waals surface area (Å²) < 4.78 is 38.4. The van der Waals surface area contributed by atoms with Crippen LogP contribution in [0.4, 0.5) is 10.5 Å². The minimum Gasteiger partial charge on any atom is -0.731 e. The van der Waals surface area contributed by atoms with Crippen LogP contribution in [0.25, 0.3) is 0 Å². The molecule has 1 aromatic rings. The summed E-state index contributed by atoms with van der Waals surface area (Å²) in [6, 6.07) is 3.69. The van der Waals surface area contributed by atoms with Gasteiger partial charge < -0.3 is 19.5 Å². The molecule has 0 spiro atoms. The fourth-order valence-electron chi connectivity index (χ4n) is 3.17. The van der Waals surface area contributed by atoms with Gasteiger partial charge in [0.25, 0.3) is 5.91 Å². The number of rotatable bonds is 4. The molecule has 0 aliphatic carbocycles. The van der Waals surface area contributed by atoms with Crippen molar-refractivity contribution in [2.45, 2.75) is 25.4 Å². The normalized spacial score (nSPS) is 21.0. The summed E-state index contributed by atoms with van der Waals surface area (Å²) >= 11 is 0. The van der Waals surface area contributed by atoms with Crippen molar-refractivity contribution in [3.05, 3.63) is 29.8 Å². The fourth-order valence-corrected chi connectivity index (χ4v) is 4.05. The predicted octanol–water partition coefficient (Wildman–Crippen LogP) is -2.86. The van der Waals surface area contributed by atoms with E-state index in [4.69, 9.17) is 4.74 Å². The number of ether oxygens (including phenoxy) is 1. The maximum atomic E-state index is 12.4. The number of nitrogens with zero attached hydrogens (tertiary/aromatic N) is 2. The van der Waals surface area contributed by atoms with Gasteiger partial charge in [-0.25, -0.2) is 22.3 Å². The average molecular weight is 405 g/mol. The van der Waals surface area contributed by atoms with E-state index in [2.05, 4.69) is 5.32 Å². The molecule has 12 heteroatoms. The van der Waals surface area contributed by atoms with E-state index in [-0.39, 0.29) is 59.0 Å². The molecule has 1 aromatic carbocycles. The zero-order chi connectivity index (χ0) is 19.1. The van der Waals surface area contributed by atoms with Gasteiger partial charge in [0.15, 0.2) is 10.3 Å². The first-order valence-corrected chi connectivity index (χ1v) is 9.24. The number of likely N-dealkylation sites (tertiary alicyclic amines) is 1. The first-order chi connectivity index (χ1) is 12.2. The van der Waals surface area contributed by atoms with E-state index < -0.39 is 40.3 Å². The smallest absolute Gasteiger partial charge is 0.731 e. The number of anilines is 1. The zero-order valence-electron chi connectivity index (χ0n) is 14.7. The second-order valence-corrected chi connectivity index (χ2v) is 7.07. The first kappa shape index (κ1) is 21.6. The molecule has 0 aromatic heterocycles. The molecule has 1 N–H and O–H groups in total. The van der Waals surface area contributed by atoms with Gasteiger partial charge in [0.2, 0.25) is 0 Å². The predicted molar refractivity (Wildman–Crippen MR) is 86.9 cm³/mol. The summed E-state index contributed by atoms with van der Waals surface area (Å²) in [5.74, 6) is -1.44. The molecule has 27 heavy (non-hydrogen) atoms. The summed E-state index contributed by atoms with van der Waals surface area (Å²) in [4.78, 5) is 37.3. The quantitative estimate of drug-likeness (QED) is 0.246. The second-order valence-electron chi connectivity index (χ2n) is 5.82. The summed E-state index contributed by atoms with van der Waals surface area (Å²) in [6.07, 6.45) is 0.203. The zero-order valence-corrected chi connectivity index (χ0v) is 17.6. The average Bonchev–Trinajstić information content (AvgIpc) is 2.92. The monoisotopic (exact) mass is 405 g/mol. The Morgan fingerprint density at radius 1 is 1.37 bits per heavy atom. The van der Waals surface area contributed by atoms with Crippen LogP contribution in [0, 0.1) is 0 Å².